The van der Waals surface area contributed by atoms with Crippen LogP contribution >= 0.6 is 0 Å². The Balaban J connectivity index is 2.80. The van der Waals surface area contributed by atoms with E-state index in [1.165, 1.54) is 26.4 Å². The van der Waals surface area contributed by atoms with E-state index >= 15 is 0 Å². The molecule has 0 bridgehead atoms. The van der Waals surface area contributed by atoms with E-state index in [0.717, 1.165) is 0 Å². The number of benzene rings is 1. The van der Waals surface area contributed by atoms with E-state index in [1.807, 2.05) is 0 Å². The van der Waals surface area contributed by atoms with Crippen LogP contribution in [0.25, 0.3) is 0 Å². The van der Waals surface area contributed by atoms with Crippen LogP contribution in [0.3, 0.4) is 0 Å². The summed E-state index contributed by atoms with van der Waals surface area (Å²) < 4.78 is 22.5. The molecule has 0 amide bonds. The topological polar surface area (TPSA) is 61.5 Å². The minimum absolute atomic E-state index is 0.209. The van der Waals surface area contributed by atoms with Crippen LogP contribution in [0.15, 0.2) is 18.2 Å². The molecule has 0 heterocycles. The zero-order valence-electron chi connectivity index (χ0n) is 9.20. The number of methoxy groups -OCH3 is 2. The largest absolute Gasteiger partial charge is 0.497 e. The van der Waals surface area contributed by atoms with Gasteiger partial charge in [-0.25, -0.2) is 4.39 Å². The van der Waals surface area contributed by atoms with E-state index in [-0.39, 0.29) is 6.42 Å². The van der Waals surface area contributed by atoms with E-state index < -0.39 is 17.8 Å². The normalized spacial score (nSPS) is 12.0. The minimum Gasteiger partial charge on any atom is -0.497 e. The van der Waals surface area contributed by atoms with Gasteiger partial charge in [0.25, 0.3) is 0 Å². The van der Waals surface area contributed by atoms with Crippen molar-refractivity contribution >= 4 is 5.97 Å². The number of nitrogens with two attached hydrogens (primary N) is 1. The van der Waals surface area contributed by atoms with Gasteiger partial charge in [0.2, 0.25) is 0 Å². The molecule has 16 heavy (non-hydrogen) atoms. The van der Waals surface area contributed by atoms with Gasteiger partial charge in [-0.1, -0.05) is 0 Å². The first-order chi connectivity index (χ1) is 7.56. The zero-order chi connectivity index (χ0) is 12.1. The predicted octanol–water partition coefficient (Wildman–Crippen LogP) is 0.877. The molecule has 0 aliphatic carbocycles. The predicted molar refractivity (Wildman–Crippen MR) is 56.6 cm³/mol. The lowest BCUT2D eigenvalue weighted by Gasteiger charge is -2.10. The van der Waals surface area contributed by atoms with Crippen LogP contribution in [0, 0.1) is 5.82 Å². The van der Waals surface area contributed by atoms with Crippen LogP contribution in [-0.4, -0.2) is 26.2 Å². The average Bonchev–Trinajstić information content (AvgIpc) is 2.26. The average molecular weight is 227 g/mol. The second kappa shape index (κ2) is 5.46. The first-order valence-electron chi connectivity index (χ1n) is 4.73. The Kier molecular flexibility index (Phi) is 4.25. The summed E-state index contributed by atoms with van der Waals surface area (Å²) in [5.41, 5.74) is 6.16. The molecule has 0 aliphatic heterocycles. The maximum atomic E-state index is 13.1. The van der Waals surface area contributed by atoms with Gasteiger partial charge < -0.3 is 15.2 Å². The summed E-state index contributed by atoms with van der Waals surface area (Å²) in [4.78, 5) is 11.1. The lowest BCUT2D eigenvalue weighted by Crippen LogP contribution is -2.33. The van der Waals surface area contributed by atoms with Crippen molar-refractivity contribution in [3.8, 4) is 5.75 Å². The fourth-order valence-corrected chi connectivity index (χ4v) is 1.35. The number of carbonyl (C=O) groups excluding carboxylic acids is 1. The third-order valence-corrected chi connectivity index (χ3v) is 2.13. The minimum atomic E-state index is -0.795. The van der Waals surface area contributed by atoms with E-state index in [0.29, 0.717) is 11.3 Å². The lowest BCUT2D eigenvalue weighted by atomic mass is 10.1. The number of esters is 1. The molecular weight excluding hydrogens is 213 g/mol. The molecule has 4 nitrogen and oxygen atoms in total. The molecule has 0 saturated heterocycles. The third-order valence-electron chi connectivity index (χ3n) is 2.13. The molecule has 0 saturated carbocycles. The summed E-state index contributed by atoms with van der Waals surface area (Å²) in [5, 5.41) is 0. The Morgan fingerprint density at radius 1 is 1.44 bits per heavy atom. The molecule has 5 heteroatoms. The third kappa shape index (κ3) is 3.20. The molecule has 0 aromatic heterocycles. The Hall–Kier alpha value is -1.62. The summed E-state index contributed by atoms with van der Waals surface area (Å²) in [5.74, 6) is -0.554. The highest BCUT2D eigenvalue weighted by Crippen LogP contribution is 2.17. The van der Waals surface area contributed by atoms with Crippen LogP contribution in [-0.2, 0) is 16.0 Å². The Morgan fingerprint density at radius 3 is 2.69 bits per heavy atom. The smallest absolute Gasteiger partial charge is 0.322 e. The number of carbonyl (C=O) groups is 1. The second-order valence-electron chi connectivity index (χ2n) is 3.33. The fourth-order valence-electron chi connectivity index (χ4n) is 1.35. The van der Waals surface area contributed by atoms with Gasteiger partial charge >= 0.3 is 5.97 Å². The van der Waals surface area contributed by atoms with E-state index in [4.69, 9.17) is 10.5 Å². The Bertz CT molecular complexity index is 381. The molecule has 2 N–H and O–H groups in total. The van der Waals surface area contributed by atoms with Crippen LogP contribution in [0.5, 0.6) is 5.75 Å². The van der Waals surface area contributed by atoms with Gasteiger partial charge in [-0.15, -0.1) is 0 Å². The molecule has 0 spiro atoms. The van der Waals surface area contributed by atoms with Crippen molar-refractivity contribution in [3.63, 3.8) is 0 Å². The first-order valence-corrected chi connectivity index (χ1v) is 4.73. The van der Waals surface area contributed by atoms with Gasteiger partial charge in [-0.05, 0) is 24.1 Å². The van der Waals surface area contributed by atoms with Crippen molar-refractivity contribution in [2.75, 3.05) is 14.2 Å². The van der Waals surface area contributed by atoms with Crippen molar-refractivity contribution in [2.45, 2.75) is 12.5 Å². The zero-order valence-corrected chi connectivity index (χ0v) is 9.20. The highest BCUT2D eigenvalue weighted by molar-refractivity contribution is 5.75. The number of rotatable bonds is 4. The molecule has 0 fully saturated rings. The van der Waals surface area contributed by atoms with Crippen LogP contribution in [0.2, 0.25) is 0 Å². The van der Waals surface area contributed by atoms with E-state index in [9.17, 15) is 9.18 Å². The fraction of sp³-hybridized carbons (Fsp3) is 0.364. The van der Waals surface area contributed by atoms with Gasteiger partial charge in [0, 0.05) is 6.07 Å². The van der Waals surface area contributed by atoms with Crippen molar-refractivity contribution < 1.29 is 18.7 Å². The summed E-state index contributed by atoms with van der Waals surface area (Å²) in [6, 6.07) is 3.40. The Labute approximate surface area is 93.2 Å². The van der Waals surface area contributed by atoms with Gasteiger partial charge in [0.1, 0.15) is 17.6 Å². The summed E-state index contributed by atoms with van der Waals surface area (Å²) in [6.07, 6.45) is 0.209. The second-order valence-corrected chi connectivity index (χ2v) is 3.33. The van der Waals surface area contributed by atoms with E-state index in [2.05, 4.69) is 4.74 Å². The van der Waals surface area contributed by atoms with Gasteiger partial charge in [-0.3, -0.25) is 4.79 Å². The Morgan fingerprint density at radius 2 is 2.12 bits per heavy atom. The highest BCUT2D eigenvalue weighted by atomic mass is 19.1. The van der Waals surface area contributed by atoms with Crippen molar-refractivity contribution in [1.82, 2.24) is 0 Å². The maximum Gasteiger partial charge on any atom is 0.322 e. The molecular formula is C11H14FNO3. The van der Waals surface area contributed by atoms with Crippen LogP contribution in [0.4, 0.5) is 4.39 Å². The summed E-state index contributed by atoms with van der Waals surface area (Å²) >= 11 is 0. The number of hydrogen-bond acceptors (Lipinski definition) is 4. The quantitative estimate of drug-likeness (QED) is 0.775. The number of ether oxygens (including phenoxy) is 2. The molecule has 1 aromatic carbocycles. The number of hydrogen-bond donors (Lipinski definition) is 1. The molecule has 1 unspecified atom stereocenters. The van der Waals surface area contributed by atoms with Gasteiger partial charge in [-0.2, -0.15) is 0 Å². The van der Waals surface area contributed by atoms with Crippen LogP contribution in [0.1, 0.15) is 5.56 Å². The lowest BCUT2D eigenvalue weighted by molar-refractivity contribution is -0.142. The molecule has 0 radical (unpaired) electrons. The molecule has 1 aromatic rings. The van der Waals surface area contributed by atoms with Gasteiger partial charge in [0.15, 0.2) is 0 Å². The highest BCUT2D eigenvalue weighted by Gasteiger charge is 2.15. The van der Waals surface area contributed by atoms with Gasteiger partial charge in [0.05, 0.1) is 14.2 Å². The van der Waals surface area contributed by atoms with Crippen molar-refractivity contribution in [3.05, 3.63) is 29.6 Å². The molecule has 1 rings (SSSR count). The summed E-state index contributed by atoms with van der Waals surface area (Å²) in [7, 11) is 2.70. The molecule has 1 atom stereocenters. The maximum absolute atomic E-state index is 13.1. The monoisotopic (exact) mass is 227 g/mol. The number of halogens is 1. The first kappa shape index (κ1) is 12.4. The SMILES string of the molecule is COC(=O)C(N)Cc1cc(F)cc(OC)c1. The van der Waals surface area contributed by atoms with Crippen LogP contribution < -0.4 is 10.5 Å². The molecule has 88 valence electrons. The van der Waals surface area contributed by atoms with E-state index in [1.54, 1.807) is 6.07 Å². The van der Waals surface area contributed by atoms with Crippen molar-refractivity contribution in [1.29, 1.82) is 0 Å². The standard InChI is InChI=1S/C11H14FNO3/c1-15-9-4-7(3-8(12)6-9)5-10(13)11(14)16-2/h3-4,6,10H,5,13H2,1-2H3. The summed E-state index contributed by atoms with van der Waals surface area (Å²) in [6.45, 7) is 0. The van der Waals surface area contributed by atoms with Crippen molar-refractivity contribution in [2.24, 2.45) is 5.73 Å². The molecule has 0 aliphatic rings.